The number of carbonyl (C=O) groups is 1. The van der Waals surface area contributed by atoms with Gasteiger partial charge in [-0.05, 0) is 24.1 Å². The molecule has 0 aliphatic heterocycles. The first kappa shape index (κ1) is 7.00. The molecule has 2 nitrogen and oxygen atoms in total. The van der Waals surface area contributed by atoms with E-state index in [1.807, 2.05) is 6.92 Å². The van der Waals surface area contributed by atoms with Gasteiger partial charge < -0.3 is 0 Å². The molecule has 0 saturated heterocycles. The Balaban J connectivity index is 3.16. The summed E-state index contributed by atoms with van der Waals surface area (Å²) in [7, 11) is 5.42. The number of carbonyl (C=O) groups excluding carboxylic acids is 1. The van der Waals surface area contributed by atoms with Crippen LogP contribution in [0.2, 0.25) is 0 Å². The van der Waals surface area contributed by atoms with Crippen LogP contribution in [0.3, 0.4) is 0 Å². The normalized spacial score (nSPS) is 9.30. The van der Waals surface area contributed by atoms with Gasteiger partial charge in [-0.25, -0.2) is 0 Å². The average molecular weight is 131 g/mol. The lowest BCUT2D eigenvalue weighted by atomic mass is 9.98. The molecule has 0 unspecified atom stereocenters. The van der Waals surface area contributed by atoms with Gasteiger partial charge in [-0.15, -0.1) is 0 Å². The third-order valence-corrected chi connectivity index (χ3v) is 1.28. The molecule has 1 aromatic heterocycles. The lowest BCUT2D eigenvalue weighted by molar-refractivity contribution is 0.112. The van der Waals surface area contributed by atoms with E-state index in [2.05, 4.69) is 4.98 Å². The summed E-state index contributed by atoms with van der Waals surface area (Å²) in [5.74, 6) is 0. The van der Waals surface area contributed by atoms with Crippen LogP contribution in [0.5, 0.6) is 0 Å². The van der Waals surface area contributed by atoms with Crippen molar-refractivity contribution in [1.82, 2.24) is 4.98 Å². The second-order valence-electron chi connectivity index (χ2n) is 2.09. The molecule has 0 atom stereocenters. The molecule has 0 saturated carbocycles. The van der Waals surface area contributed by atoms with Crippen molar-refractivity contribution in [2.45, 2.75) is 6.92 Å². The van der Waals surface area contributed by atoms with Gasteiger partial charge in [-0.2, -0.15) is 0 Å². The molecule has 0 aromatic carbocycles. The Morgan fingerprint density at radius 2 is 2.40 bits per heavy atom. The van der Waals surface area contributed by atoms with Crippen LogP contribution < -0.4 is 5.59 Å². The lowest BCUT2D eigenvalue weighted by Gasteiger charge is -1.97. The van der Waals surface area contributed by atoms with Crippen LogP contribution in [0, 0.1) is 6.92 Å². The van der Waals surface area contributed by atoms with Crippen molar-refractivity contribution in [3.63, 3.8) is 0 Å². The fourth-order valence-corrected chi connectivity index (χ4v) is 0.672. The molecular weight excluding hydrogens is 125 g/mol. The van der Waals surface area contributed by atoms with E-state index in [0.717, 1.165) is 11.8 Å². The van der Waals surface area contributed by atoms with Crippen molar-refractivity contribution < 1.29 is 4.79 Å². The molecule has 0 aliphatic carbocycles. The maximum Gasteiger partial charge on any atom is 0.151 e. The number of aromatic nitrogens is 1. The first-order valence-corrected chi connectivity index (χ1v) is 2.91. The Bertz CT molecular complexity index is 260. The van der Waals surface area contributed by atoms with Gasteiger partial charge >= 0.3 is 0 Å². The summed E-state index contributed by atoms with van der Waals surface area (Å²) in [5.41, 5.74) is 1.88. The largest absolute Gasteiger partial charge is 0.298 e. The highest BCUT2D eigenvalue weighted by molar-refractivity contribution is 6.31. The Hall–Kier alpha value is -1.12. The molecule has 0 amide bonds. The summed E-state index contributed by atoms with van der Waals surface area (Å²) >= 11 is 0. The first-order valence-electron chi connectivity index (χ1n) is 2.91. The van der Waals surface area contributed by atoms with Crippen LogP contribution in [0.25, 0.3) is 0 Å². The smallest absolute Gasteiger partial charge is 0.151 e. The minimum Gasteiger partial charge on any atom is -0.298 e. The Morgan fingerprint density at radius 3 is 2.90 bits per heavy atom. The van der Waals surface area contributed by atoms with Gasteiger partial charge in [0, 0.05) is 11.8 Å². The van der Waals surface area contributed by atoms with Gasteiger partial charge in [0.15, 0.2) is 6.29 Å². The third-order valence-electron chi connectivity index (χ3n) is 1.28. The number of hydrogen-bond acceptors (Lipinski definition) is 2. The maximum absolute atomic E-state index is 10.2. The highest BCUT2D eigenvalue weighted by Gasteiger charge is 1.93. The van der Waals surface area contributed by atoms with Crippen LogP contribution in [0.4, 0.5) is 0 Å². The molecule has 0 bridgehead atoms. The van der Waals surface area contributed by atoms with Gasteiger partial charge in [0.2, 0.25) is 0 Å². The quantitative estimate of drug-likeness (QED) is 0.396. The van der Waals surface area contributed by atoms with Crippen molar-refractivity contribution in [2.75, 3.05) is 0 Å². The van der Waals surface area contributed by atoms with Gasteiger partial charge in [-0.1, -0.05) is 0 Å². The standard InChI is InChI=1S/C7H6BNO/c1-5-2-6(4-10)3-9-7(5)8/h2-4H,1H3. The third kappa shape index (κ3) is 1.24. The number of rotatable bonds is 1. The molecule has 3 heteroatoms. The predicted molar refractivity (Wildman–Crippen MR) is 39.7 cm³/mol. The average Bonchev–Trinajstić information content (AvgIpc) is 1.95. The highest BCUT2D eigenvalue weighted by Crippen LogP contribution is 1.93. The van der Waals surface area contributed by atoms with E-state index in [1.54, 1.807) is 6.07 Å². The molecule has 0 aliphatic rings. The van der Waals surface area contributed by atoms with Crippen LogP contribution in [-0.4, -0.2) is 19.1 Å². The Kier molecular flexibility index (Phi) is 1.85. The molecule has 2 radical (unpaired) electrons. The van der Waals surface area contributed by atoms with Crippen LogP contribution in [0.15, 0.2) is 12.3 Å². The van der Waals surface area contributed by atoms with E-state index in [1.165, 1.54) is 6.20 Å². The number of pyridine rings is 1. The minimum absolute atomic E-state index is 0.477. The summed E-state index contributed by atoms with van der Waals surface area (Å²) in [6.45, 7) is 1.81. The number of hydrogen-bond donors (Lipinski definition) is 0. The molecule has 1 aromatic rings. The summed E-state index contributed by atoms with van der Waals surface area (Å²) in [6.07, 6.45) is 2.20. The SMILES string of the molecule is [B]c1ncc(C=O)cc1C. The van der Waals surface area contributed by atoms with Gasteiger partial charge in [0.05, 0.1) is 0 Å². The number of nitrogens with zero attached hydrogens (tertiary/aromatic N) is 1. The van der Waals surface area contributed by atoms with Crippen LogP contribution >= 0.6 is 0 Å². The number of aldehydes is 1. The monoisotopic (exact) mass is 131 g/mol. The van der Waals surface area contributed by atoms with Crippen LogP contribution in [-0.2, 0) is 0 Å². The van der Waals surface area contributed by atoms with Crippen molar-refractivity contribution in [3.05, 3.63) is 23.4 Å². The van der Waals surface area contributed by atoms with Gasteiger partial charge in [-0.3, -0.25) is 9.78 Å². The molecule has 1 heterocycles. The van der Waals surface area contributed by atoms with E-state index in [9.17, 15) is 4.79 Å². The Morgan fingerprint density at radius 1 is 1.70 bits per heavy atom. The number of aryl methyl sites for hydroxylation is 1. The first-order chi connectivity index (χ1) is 4.74. The zero-order chi connectivity index (χ0) is 7.56. The molecule has 0 spiro atoms. The summed E-state index contributed by atoms with van der Waals surface area (Å²) in [5, 5.41) is 0. The molecule has 10 heavy (non-hydrogen) atoms. The topological polar surface area (TPSA) is 30.0 Å². The van der Waals surface area contributed by atoms with E-state index >= 15 is 0 Å². The van der Waals surface area contributed by atoms with Crippen LogP contribution in [0.1, 0.15) is 15.9 Å². The van der Waals surface area contributed by atoms with Crippen molar-refractivity contribution >= 4 is 19.7 Å². The lowest BCUT2D eigenvalue weighted by Crippen LogP contribution is -2.12. The highest BCUT2D eigenvalue weighted by atomic mass is 16.1. The molecule has 48 valence electrons. The molecule has 0 fully saturated rings. The van der Waals surface area contributed by atoms with Crippen molar-refractivity contribution in [3.8, 4) is 0 Å². The molecule has 0 N–H and O–H groups in total. The fraction of sp³-hybridized carbons (Fsp3) is 0.143. The fourth-order valence-electron chi connectivity index (χ4n) is 0.672. The molecule has 1 rings (SSSR count). The summed E-state index contributed by atoms with van der Waals surface area (Å²) in [4.78, 5) is 14.0. The van der Waals surface area contributed by atoms with Crippen molar-refractivity contribution in [2.24, 2.45) is 0 Å². The van der Waals surface area contributed by atoms with E-state index in [-0.39, 0.29) is 0 Å². The van der Waals surface area contributed by atoms with Crippen molar-refractivity contribution in [1.29, 1.82) is 0 Å². The molecular formula is C7H6BNO. The summed E-state index contributed by atoms with van der Waals surface area (Å²) in [6, 6.07) is 1.70. The maximum atomic E-state index is 10.2. The van der Waals surface area contributed by atoms with Gasteiger partial charge in [0.1, 0.15) is 7.85 Å². The summed E-state index contributed by atoms with van der Waals surface area (Å²) < 4.78 is 0. The Labute approximate surface area is 60.7 Å². The predicted octanol–water partition coefficient (Wildman–Crippen LogP) is -0.00368. The second kappa shape index (κ2) is 2.65. The zero-order valence-corrected chi connectivity index (χ0v) is 5.66. The second-order valence-corrected chi connectivity index (χ2v) is 2.09. The van der Waals surface area contributed by atoms with E-state index in [0.29, 0.717) is 11.2 Å². The minimum atomic E-state index is 0.477. The van der Waals surface area contributed by atoms with E-state index < -0.39 is 0 Å². The zero-order valence-electron chi connectivity index (χ0n) is 5.66. The van der Waals surface area contributed by atoms with E-state index in [4.69, 9.17) is 7.85 Å². The van der Waals surface area contributed by atoms with Gasteiger partial charge in [0.25, 0.3) is 0 Å².